The number of methoxy groups -OCH3 is 1. The second-order valence-electron chi connectivity index (χ2n) is 4.87. The second-order valence-corrected chi connectivity index (χ2v) is 4.87. The van der Waals surface area contributed by atoms with Crippen LogP contribution in [0.1, 0.15) is 24.5 Å². The van der Waals surface area contributed by atoms with E-state index in [0.717, 1.165) is 22.9 Å². The summed E-state index contributed by atoms with van der Waals surface area (Å²) in [6.07, 6.45) is 0. The van der Waals surface area contributed by atoms with Crippen LogP contribution in [-0.2, 0) is 9.53 Å². The van der Waals surface area contributed by atoms with E-state index >= 15 is 0 Å². The lowest BCUT2D eigenvalue weighted by Crippen LogP contribution is -2.17. The zero-order chi connectivity index (χ0) is 15.2. The van der Waals surface area contributed by atoms with E-state index in [1.54, 1.807) is 0 Å². The average molecular weight is 288 g/mol. The highest BCUT2D eigenvalue weighted by atomic mass is 16.5. The molecule has 112 valence electrons. The molecule has 0 fully saturated rings. The number of carbonyl (C=O) groups is 1. The van der Waals surface area contributed by atoms with Gasteiger partial charge in [-0.1, -0.05) is 0 Å². The number of anilines is 2. The van der Waals surface area contributed by atoms with Crippen molar-refractivity contribution in [2.45, 2.75) is 19.9 Å². The number of aryl methyl sites for hydroxylation is 1. The van der Waals surface area contributed by atoms with Gasteiger partial charge in [0.05, 0.1) is 6.04 Å². The van der Waals surface area contributed by atoms with Gasteiger partial charge in [-0.25, -0.2) is 0 Å². The Labute approximate surface area is 124 Å². The minimum Gasteiger partial charge on any atom is -0.464 e. The molecule has 0 bridgehead atoms. The first kappa shape index (κ1) is 15.1. The fraction of sp³-hybridized carbons (Fsp3) is 0.312. The number of ether oxygens (including phenoxy) is 1. The largest absolute Gasteiger partial charge is 0.464 e. The SMILES string of the molecule is COCC(=O)Nc1ccc(NC(C)c2ccc(C)o2)cc1. The molecule has 5 nitrogen and oxygen atoms in total. The molecule has 0 saturated heterocycles. The van der Waals surface area contributed by atoms with Crippen LogP contribution in [0, 0.1) is 6.92 Å². The van der Waals surface area contributed by atoms with Gasteiger partial charge in [0, 0.05) is 18.5 Å². The zero-order valence-corrected chi connectivity index (χ0v) is 12.5. The summed E-state index contributed by atoms with van der Waals surface area (Å²) < 4.78 is 10.4. The first-order valence-corrected chi connectivity index (χ1v) is 6.80. The van der Waals surface area contributed by atoms with Crippen molar-refractivity contribution in [1.82, 2.24) is 0 Å². The van der Waals surface area contributed by atoms with E-state index in [2.05, 4.69) is 10.6 Å². The number of benzene rings is 1. The molecule has 1 amide bonds. The maximum Gasteiger partial charge on any atom is 0.250 e. The van der Waals surface area contributed by atoms with E-state index in [1.807, 2.05) is 50.2 Å². The third kappa shape index (κ3) is 4.36. The van der Waals surface area contributed by atoms with Crippen molar-refractivity contribution in [2.24, 2.45) is 0 Å². The molecular weight excluding hydrogens is 268 g/mol. The third-order valence-corrected chi connectivity index (χ3v) is 3.02. The molecule has 0 spiro atoms. The average Bonchev–Trinajstić information content (AvgIpc) is 2.88. The van der Waals surface area contributed by atoms with E-state index in [9.17, 15) is 4.79 Å². The van der Waals surface area contributed by atoms with Gasteiger partial charge in [0.25, 0.3) is 0 Å². The Balaban J connectivity index is 1.94. The minimum atomic E-state index is -0.169. The maximum absolute atomic E-state index is 11.4. The van der Waals surface area contributed by atoms with Gasteiger partial charge >= 0.3 is 0 Å². The van der Waals surface area contributed by atoms with Crippen molar-refractivity contribution in [2.75, 3.05) is 24.4 Å². The summed E-state index contributed by atoms with van der Waals surface area (Å²) in [5, 5.41) is 6.09. The molecule has 0 saturated carbocycles. The van der Waals surface area contributed by atoms with Crippen LogP contribution in [0.2, 0.25) is 0 Å². The molecule has 21 heavy (non-hydrogen) atoms. The number of nitrogens with one attached hydrogen (secondary N) is 2. The fourth-order valence-corrected chi connectivity index (χ4v) is 1.99. The standard InChI is InChI=1S/C16H20N2O3/c1-11-4-9-15(21-11)12(2)17-13-5-7-14(8-6-13)18-16(19)10-20-3/h4-9,12,17H,10H2,1-3H3,(H,18,19). The Morgan fingerprint density at radius 1 is 1.19 bits per heavy atom. The predicted molar refractivity (Wildman–Crippen MR) is 82.4 cm³/mol. The van der Waals surface area contributed by atoms with E-state index in [4.69, 9.17) is 9.15 Å². The third-order valence-electron chi connectivity index (χ3n) is 3.02. The van der Waals surface area contributed by atoms with E-state index < -0.39 is 0 Å². The molecule has 0 aliphatic rings. The van der Waals surface area contributed by atoms with Crippen LogP contribution in [0.5, 0.6) is 0 Å². The zero-order valence-electron chi connectivity index (χ0n) is 12.5. The Morgan fingerprint density at radius 3 is 2.43 bits per heavy atom. The first-order valence-electron chi connectivity index (χ1n) is 6.80. The molecular formula is C16H20N2O3. The van der Waals surface area contributed by atoms with Crippen molar-refractivity contribution in [3.8, 4) is 0 Å². The summed E-state index contributed by atoms with van der Waals surface area (Å²) in [5.41, 5.74) is 1.70. The fourth-order valence-electron chi connectivity index (χ4n) is 1.99. The number of amides is 1. The van der Waals surface area contributed by atoms with Crippen molar-refractivity contribution >= 4 is 17.3 Å². The molecule has 1 atom stereocenters. The number of furan rings is 1. The molecule has 0 radical (unpaired) electrons. The molecule has 1 heterocycles. The van der Waals surface area contributed by atoms with Crippen molar-refractivity contribution in [1.29, 1.82) is 0 Å². The maximum atomic E-state index is 11.4. The molecule has 0 aliphatic heterocycles. The first-order chi connectivity index (χ1) is 10.1. The number of carbonyl (C=O) groups excluding carboxylic acids is 1. The Bertz CT molecular complexity index is 590. The van der Waals surface area contributed by atoms with Gasteiger partial charge in [-0.05, 0) is 50.2 Å². The van der Waals surface area contributed by atoms with Crippen LogP contribution in [0.25, 0.3) is 0 Å². The van der Waals surface area contributed by atoms with E-state index in [0.29, 0.717) is 0 Å². The van der Waals surface area contributed by atoms with Crippen LogP contribution in [0.4, 0.5) is 11.4 Å². The highest BCUT2D eigenvalue weighted by Crippen LogP contribution is 2.22. The van der Waals surface area contributed by atoms with Crippen LogP contribution >= 0.6 is 0 Å². The van der Waals surface area contributed by atoms with Crippen LogP contribution in [-0.4, -0.2) is 19.6 Å². The number of hydrogen-bond donors (Lipinski definition) is 2. The molecule has 1 unspecified atom stereocenters. The van der Waals surface area contributed by atoms with Crippen LogP contribution in [0.3, 0.4) is 0 Å². The molecule has 2 N–H and O–H groups in total. The lowest BCUT2D eigenvalue weighted by Gasteiger charge is -2.13. The lowest BCUT2D eigenvalue weighted by atomic mass is 10.2. The van der Waals surface area contributed by atoms with Crippen molar-refractivity contribution in [3.05, 3.63) is 47.9 Å². The van der Waals surface area contributed by atoms with Gasteiger partial charge in [-0.15, -0.1) is 0 Å². The molecule has 2 aromatic rings. The summed E-state index contributed by atoms with van der Waals surface area (Å²) in [6.45, 7) is 4.01. The number of rotatable bonds is 6. The molecule has 2 rings (SSSR count). The summed E-state index contributed by atoms with van der Waals surface area (Å²) in [4.78, 5) is 11.4. The normalized spacial score (nSPS) is 12.0. The van der Waals surface area contributed by atoms with Gasteiger partial charge in [0.1, 0.15) is 18.1 Å². The molecule has 1 aromatic heterocycles. The second kappa shape index (κ2) is 6.95. The smallest absolute Gasteiger partial charge is 0.250 e. The van der Waals surface area contributed by atoms with Gasteiger partial charge < -0.3 is 19.8 Å². The highest BCUT2D eigenvalue weighted by molar-refractivity contribution is 5.91. The van der Waals surface area contributed by atoms with Gasteiger partial charge in [-0.3, -0.25) is 4.79 Å². The molecule has 5 heteroatoms. The predicted octanol–water partition coefficient (Wildman–Crippen LogP) is 3.35. The minimum absolute atomic E-state index is 0.0505. The summed E-state index contributed by atoms with van der Waals surface area (Å²) in [6, 6.07) is 11.5. The van der Waals surface area contributed by atoms with Gasteiger partial charge in [0.15, 0.2) is 0 Å². The lowest BCUT2D eigenvalue weighted by molar-refractivity contribution is -0.119. The van der Waals surface area contributed by atoms with Crippen LogP contribution in [0.15, 0.2) is 40.8 Å². The van der Waals surface area contributed by atoms with E-state index in [-0.39, 0.29) is 18.6 Å². The number of hydrogen-bond acceptors (Lipinski definition) is 4. The topological polar surface area (TPSA) is 63.5 Å². The van der Waals surface area contributed by atoms with Gasteiger partial charge in [0.2, 0.25) is 5.91 Å². The van der Waals surface area contributed by atoms with Crippen molar-refractivity contribution in [3.63, 3.8) is 0 Å². The quantitative estimate of drug-likeness (QED) is 0.855. The Morgan fingerprint density at radius 2 is 1.86 bits per heavy atom. The molecule has 1 aromatic carbocycles. The monoisotopic (exact) mass is 288 g/mol. The van der Waals surface area contributed by atoms with Crippen molar-refractivity contribution < 1.29 is 13.9 Å². The molecule has 0 aliphatic carbocycles. The summed E-state index contributed by atoms with van der Waals surface area (Å²) >= 11 is 0. The van der Waals surface area contributed by atoms with E-state index in [1.165, 1.54) is 7.11 Å². The highest BCUT2D eigenvalue weighted by Gasteiger charge is 2.09. The summed E-state index contributed by atoms with van der Waals surface area (Å²) in [5.74, 6) is 1.62. The summed E-state index contributed by atoms with van der Waals surface area (Å²) in [7, 11) is 1.49. The van der Waals surface area contributed by atoms with Crippen LogP contribution < -0.4 is 10.6 Å². The Hall–Kier alpha value is -2.27. The van der Waals surface area contributed by atoms with Gasteiger partial charge in [-0.2, -0.15) is 0 Å². The Kier molecular flexibility index (Phi) is 5.00.